The van der Waals surface area contributed by atoms with Crippen LogP contribution in [-0.4, -0.2) is 9.97 Å². The number of aromatic nitrogens is 2. The lowest BCUT2D eigenvalue weighted by atomic mass is 10.2. The van der Waals surface area contributed by atoms with E-state index in [2.05, 4.69) is 9.97 Å². The molecule has 0 saturated heterocycles. The maximum absolute atomic E-state index is 5.42. The Balaban J connectivity index is 2.21. The molecule has 0 bridgehead atoms. The van der Waals surface area contributed by atoms with Crippen molar-refractivity contribution in [1.82, 2.24) is 9.97 Å². The van der Waals surface area contributed by atoms with Crippen molar-refractivity contribution in [3.63, 3.8) is 0 Å². The zero-order valence-electron chi connectivity index (χ0n) is 8.74. The summed E-state index contributed by atoms with van der Waals surface area (Å²) in [6.45, 7) is 2.00. The molecule has 1 aliphatic heterocycles. The van der Waals surface area contributed by atoms with Gasteiger partial charge in [-0.15, -0.1) is 0 Å². The highest BCUT2D eigenvalue weighted by Gasteiger charge is 2.17. The molecule has 16 heavy (non-hydrogen) atoms. The minimum Gasteiger partial charge on any atom is -0.461 e. The van der Waals surface area contributed by atoms with Crippen LogP contribution in [-0.2, 0) is 11.5 Å². The molecule has 0 amide bonds. The lowest BCUT2D eigenvalue weighted by molar-refractivity contribution is 0.575. The van der Waals surface area contributed by atoms with Gasteiger partial charge in [-0.25, -0.2) is 4.98 Å². The predicted octanol–water partition coefficient (Wildman–Crippen LogP) is 3.45. The fraction of sp³-hybridized carbons (Fsp3) is 0.273. The monoisotopic (exact) mass is 250 g/mol. The lowest BCUT2D eigenvalue weighted by Crippen LogP contribution is -1.97. The van der Waals surface area contributed by atoms with E-state index in [9.17, 15) is 0 Å². The SMILES string of the molecule is Cc1ccoc1-c1nc(=S)c2c([nH]1)CSC2. The average Bonchev–Trinajstić information content (AvgIpc) is 2.85. The Morgan fingerprint density at radius 1 is 1.50 bits per heavy atom. The molecule has 3 heterocycles. The van der Waals surface area contributed by atoms with Gasteiger partial charge < -0.3 is 9.40 Å². The van der Waals surface area contributed by atoms with Gasteiger partial charge in [-0.3, -0.25) is 0 Å². The Bertz CT molecular complexity index is 600. The van der Waals surface area contributed by atoms with Gasteiger partial charge >= 0.3 is 0 Å². The van der Waals surface area contributed by atoms with Crippen LogP contribution in [0.25, 0.3) is 11.6 Å². The molecule has 0 radical (unpaired) electrons. The zero-order valence-corrected chi connectivity index (χ0v) is 10.4. The van der Waals surface area contributed by atoms with Gasteiger partial charge in [-0.2, -0.15) is 11.8 Å². The molecule has 2 aromatic rings. The molecular weight excluding hydrogens is 240 g/mol. The Morgan fingerprint density at radius 3 is 3.12 bits per heavy atom. The van der Waals surface area contributed by atoms with E-state index in [4.69, 9.17) is 16.6 Å². The van der Waals surface area contributed by atoms with Crippen LogP contribution in [0.1, 0.15) is 16.8 Å². The number of rotatable bonds is 1. The second-order valence-corrected chi connectivity index (χ2v) is 5.15. The number of nitrogens with zero attached hydrogens (tertiary/aromatic N) is 1. The van der Waals surface area contributed by atoms with E-state index in [1.54, 1.807) is 6.26 Å². The summed E-state index contributed by atoms with van der Waals surface area (Å²) in [6, 6.07) is 1.93. The summed E-state index contributed by atoms with van der Waals surface area (Å²) in [5.41, 5.74) is 3.44. The van der Waals surface area contributed by atoms with Crippen molar-refractivity contribution in [2.45, 2.75) is 18.4 Å². The van der Waals surface area contributed by atoms with Crippen LogP contribution in [0.5, 0.6) is 0 Å². The third-order valence-electron chi connectivity index (χ3n) is 2.68. The van der Waals surface area contributed by atoms with Crippen molar-refractivity contribution < 1.29 is 4.42 Å². The molecule has 5 heteroatoms. The van der Waals surface area contributed by atoms with Gasteiger partial charge in [0.2, 0.25) is 0 Å². The second kappa shape index (κ2) is 3.75. The molecule has 1 N–H and O–H groups in total. The maximum Gasteiger partial charge on any atom is 0.175 e. The number of furan rings is 1. The molecule has 1 aliphatic rings. The fourth-order valence-corrected chi connectivity index (χ4v) is 3.24. The van der Waals surface area contributed by atoms with Crippen molar-refractivity contribution in [3.05, 3.63) is 33.8 Å². The average molecular weight is 250 g/mol. The van der Waals surface area contributed by atoms with Crippen LogP contribution in [0.2, 0.25) is 0 Å². The minimum absolute atomic E-state index is 0.699. The maximum atomic E-state index is 5.42. The van der Waals surface area contributed by atoms with Crippen LogP contribution in [0.3, 0.4) is 0 Å². The van der Waals surface area contributed by atoms with E-state index in [1.807, 2.05) is 24.8 Å². The van der Waals surface area contributed by atoms with Crippen molar-refractivity contribution in [3.8, 4) is 11.6 Å². The molecule has 3 nitrogen and oxygen atoms in total. The van der Waals surface area contributed by atoms with Gasteiger partial charge in [-0.05, 0) is 18.6 Å². The Hall–Kier alpha value is -1.07. The number of hydrogen-bond donors (Lipinski definition) is 1. The highest BCUT2D eigenvalue weighted by atomic mass is 32.2. The lowest BCUT2D eigenvalue weighted by Gasteiger charge is -2.03. The minimum atomic E-state index is 0.699. The third-order valence-corrected chi connectivity index (χ3v) is 4.00. The molecule has 0 spiro atoms. The van der Waals surface area contributed by atoms with Crippen molar-refractivity contribution in [1.29, 1.82) is 0 Å². The molecule has 0 atom stereocenters. The van der Waals surface area contributed by atoms with Crippen LogP contribution in [0, 0.1) is 11.6 Å². The smallest absolute Gasteiger partial charge is 0.175 e. The molecule has 0 aliphatic carbocycles. The molecule has 2 aromatic heterocycles. The normalized spacial score (nSPS) is 14.1. The van der Waals surface area contributed by atoms with Gasteiger partial charge in [0.1, 0.15) is 4.64 Å². The van der Waals surface area contributed by atoms with E-state index in [-0.39, 0.29) is 0 Å². The highest BCUT2D eigenvalue weighted by Crippen LogP contribution is 2.31. The number of aryl methyl sites for hydroxylation is 1. The summed E-state index contributed by atoms with van der Waals surface area (Å²) < 4.78 is 6.12. The van der Waals surface area contributed by atoms with Gasteiger partial charge in [0, 0.05) is 22.8 Å². The third kappa shape index (κ3) is 1.51. The number of fused-ring (bicyclic) bond motifs is 1. The molecule has 82 valence electrons. The Labute approximate surface area is 102 Å². The first kappa shape index (κ1) is 10.1. The number of thioether (sulfide) groups is 1. The summed E-state index contributed by atoms with van der Waals surface area (Å²) >= 11 is 7.16. The largest absolute Gasteiger partial charge is 0.461 e. The molecule has 0 fully saturated rings. The molecular formula is C11H10N2OS2. The predicted molar refractivity (Wildman–Crippen MR) is 66.9 cm³/mol. The number of nitrogens with one attached hydrogen (secondary N) is 1. The summed E-state index contributed by atoms with van der Waals surface area (Å²) in [7, 11) is 0. The first-order valence-corrected chi connectivity index (χ1v) is 6.56. The van der Waals surface area contributed by atoms with Gasteiger partial charge in [0.25, 0.3) is 0 Å². The van der Waals surface area contributed by atoms with Gasteiger partial charge in [0.15, 0.2) is 11.6 Å². The molecule has 0 unspecified atom stereocenters. The Morgan fingerprint density at radius 2 is 2.38 bits per heavy atom. The van der Waals surface area contributed by atoms with E-state index in [0.29, 0.717) is 4.64 Å². The van der Waals surface area contributed by atoms with E-state index < -0.39 is 0 Å². The summed E-state index contributed by atoms with van der Waals surface area (Å²) in [4.78, 5) is 7.72. The quantitative estimate of drug-likeness (QED) is 0.787. The van der Waals surface area contributed by atoms with Crippen LogP contribution < -0.4 is 0 Å². The van der Waals surface area contributed by atoms with Crippen LogP contribution >= 0.6 is 24.0 Å². The van der Waals surface area contributed by atoms with Crippen molar-refractivity contribution in [2.75, 3.05) is 0 Å². The zero-order chi connectivity index (χ0) is 11.1. The van der Waals surface area contributed by atoms with Crippen molar-refractivity contribution >= 4 is 24.0 Å². The first-order chi connectivity index (χ1) is 7.75. The van der Waals surface area contributed by atoms with E-state index >= 15 is 0 Å². The number of H-pyrrole nitrogens is 1. The number of aromatic amines is 1. The topological polar surface area (TPSA) is 41.8 Å². The van der Waals surface area contributed by atoms with Gasteiger partial charge in [-0.1, -0.05) is 12.2 Å². The molecule has 0 aromatic carbocycles. The van der Waals surface area contributed by atoms with Crippen LogP contribution in [0.4, 0.5) is 0 Å². The van der Waals surface area contributed by atoms with Crippen LogP contribution in [0.15, 0.2) is 16.7 Å². The second-order valence-electron chi connectivity index (χ2n) is 3.77. The fourth-order valence-electron chi connectivity index (χ4n) is 1.79. The summed E-state index contributed by atoms with van der Waals surface area (Å²) in [6.07, 6.45) is 1.67. The van der Waals surface area contributed by atoms with Crippen molar-refractivity contribution in [2.24, 2.45) is 0 Å². The summed E-state index contributed by atoms with van der Waals surface area (Å²) in [5, 5.41) is 0. The standard InChI is InChI=1S/C11H10N2OS2/c1-6-2-3-14-9(6)10-12-8-5-16-4-7(8)11(15)13-10/h2-3H,4-5H2,1H3,(H,12,13,15). The highest BCUT2D eigenvalue weighted by molar-refractivity contribution is 7.98. The molecule has 3 rings (SSSR count). The Kier molecular flexibility index (Phi) is 2.37. The van der Waals surface area contributed by atoms with E-state index in [1.165, 1.54) is 11.3 Å². The number of hydrogen-bond acceptors (Lipinski definition) is 4. The van der Waals surface area contributed by atoms with Gasteiger partial charge in [0.05, 0.1) is 6.26 Å². The summed E-state index contributed by atoms with van der Waals surface area (Å²) in [5.74, 6) is 3.48. The first-order valence-electron chi connectivity index (χ1n) is 5.00. The van der Waals surface area contributed by atoms with E-state index in [0.717, 1.165) is 28.7 Å². The molecule has 0 saturated carbocycles.